The number of likely N-dealkylation sites (N-methyl/N-ethyl adjacent to an activating group) is 1. The van der Waals surface area contributed by atoms with Crippen molar-refractivity contribution in [3.05, 3.63) is 29.8 Å². The van der Waals surface area contributed by atoms with E-state index in [0.717, 1.165) is 26.2 Å². The summed E-state index contributed by atoms with van der Waals surface area (Å²) in [5.41, 5.74) is 1.42. The maximum absolute atomic E-state index is 9.89. The zero-order valence-electron chi connectivity index (χ0n) is 15.7. The maximum Gasteiger partial charge on any atom is 0.0475 e. The molecule has 0 saturated carbocycles. The molecule has 0 bridgehead atoms. The number of aliphatic hydroxyl groups excluding tert-OH is 1. The zero-order valence-corrected chi connectivity index (χ0v) is 16.5. The van der Waals surface area contributed by atoms with Gasteiger partial charge in [0.25, 0.3) is 0 Å². The van der Waals surface area contributed by atoms with Gasteiger partial charge in [-0.1, -0.05) is 18.2 Å². The van der Waals surface area contributed by atoms with Crippen LogP contribution in [0.1, 0.15) is 12.0 Å². The van der Waals surface area contributed by atoms with Crippen molar-refractivity contribution in [3.63, 3.8) is 0 Å². The molecule has 3 rings (SSSR count). The molecule has 1 aromatic carbocycles. The quantitative estimate of drug-likeness (QED) is 0.782. The molecule has 2 heterocycles. The standard InChI is InChI=1S/C20H33N3OS/c1-21-8-5-9-22(11-10-21)13-18-14-23(15-19(18)16-24)12-17-6-3-4-7-20(17)25-2/h3-4,6-7,18-19,24H,5,8-16H2,1-2H3/t18-,19-/m1/s1. The van der Waals surface area contributed by atoms with Crippen molar-refractivity contribution >= 4 is 11.8 Å². The highest BCUT2D eigenvalue weighted by Gasteiger charge is 2.33. The lowest BCUT2D eigenvalue weighted by Crippen LogP contribution is -2.36. The van der Waals surface area contributed by atoms with Crippen LogP contribution in [0.5, 0.6) is 0 Å². The summed E-state index contributed by atoms with van der Waals surface area (Å²) in [4.78, 5) is 8.98. The van der Waals surface area contributed by atoms with Gasteiger partial charge >= 0.3 is 0 Å². The Bertz CT molecular complexity index is 541. The molecule has 0 spiro atoms. The van der Waals surface area contributed by atoms with Gasteiger partial charge in [-0.05, 0) is 56.3 Å². The van der Waals surface area contributed by atoms with Crippen LogP contribution in [0.4, 0.5) is 0 Å². The third-order valence-corrected chi connectivity index (χ3v) is 6.62. The average Bonchev–Trinajstić information content (AvgIpc) is 2.88. The van der Waals surface area contributed by atoms with E-state index in [1.807, 2.05) is 11.8 Å². The molecule has 0 amide bonds. The minimum absolute atomic E-state index is 0.319. The van der Waals surface area contributed by atoms with Crippen LogP contribution in [0.3, 0.4) is 0 Å². The highest BCUT2D eigenvalue weighted by molar-refractivity contribution is 7.98. The molecule has 0 aliphatic carbocycles. The summed E-state index contributed by atoms with van der Waals surface area (Å²) in [6.45, 7) is 9.35. The van der Waals surface area contributed by atoms with Gasteiger partial charge in [0, 0.05) is 50.8 Å². The van der Waals surface area contributed by atoms with Crippen LogP contribution in [-0.2, 0) is 6.54 Å². The van der Waals surface area contributed by atoms with Crippen LogP contribution >= 0.6 is 11.8 Å². The molecule has 0 aromatic heterocycles. The average molecular weight is 364 g/mol. The normalized spacial score (nSPS) is 26.8. The lowest BCUT2D eigenvalue weighted by atomic mass is 9.96. The smallest absolute Gasteiger partial charge is 0.0475 e. The molecule has 2 aliphatic rings. The van der Waals surface area contributed by atoms with Gasteiger partial charge in [-0.3, -0.25) is 4.90 Å². The van der Waals surface area contributed by atoms with Crippen molar-refractivity contribution in [2.24, 2.45) is 11.8 Å². The van der Waals surface area contributed by atoms with Crippen molar-refractivity contribution < 1.29 is 5.11 Å². The van der Waals surface area contributed by atoms with Gasteiger partial charge in [-0.25, -0.2) is 0 Å². The van der Waals surface area contributed by atoms with E-state index in [2.05, 4.69) is 52.3 Å². The Hall–Kier alpha value is -0.590. The number of likely N-dealkylation sites (tertiary alicyclic amines) is 1. The molecule has 2 saturated heterocycles. The summed E-state index contributed by atoms with van der Waals surface area (Å²) in [6.07, 6.45) is 3.41. The largest absolute Gasteiger partial charge is 0.396 e. The third-order valence-electron chi connectivity index (χ3n) is 5.78. The number of hydrogen-bond donors (Lipinski definition) is 1. The van der Waals surface area contributed by atoms with Crippen LogP contribution in [0, 0.1) is 11.8 Å². The second-order valence-corrected chi connectivity index (χ2v) is 8.51. The van der Waals surface area contributed by atoms with Crippen molar-refractivity contribution in [2.45, 2.75) is 17.9 Å². The summed E-state index contributed by atoms with van der Waals surface area (Å²) < 4.78 is 0. The number of nitrogens with zero attached hydrogens (tertiary/aromatic N) is 3. The van der Waals surface area contributed by atoms with E-state index in [4.69, 9.17) is 0 Å². The monoisotopic (exact) mass is 363 g/mol. The fourth-order valence-corrected chi connectivity index (χ4v) is 4.88. The van der Waals surface area contributed by atoms with Gasteiger partial charge in [0.15, 0.2) is 0 Å². The lowest BCUT2D eigenvalue weighted by Gasteiger charge is -2.26. The lowest BCUT2D eigenvalue weighted by molar-refractivity contribution is 0.165. The van der Waals surface area contributed by atoms with Gasteiger partial charge in [-0.15, -0.1) is 11.8 Å². The van der Waals surface area contributed by atoms with E-state index in [0.29, 0.717) is 18.4 Å². The fourth-order valence-electron chi connectivity index (χ4n) is 4.27. The summed E-state index contributed by atoms with van der Waals surface area (Å²) in [7, 11) is 2.22. The Balaban J connectivity index is 1.58. The molecule has 25 heavy (non-hydrogen) atoms. The number of aliphatic hydroxyl groups is 1. The highest BCUT2D eigenvalue weighted by Crippen LogP contribution is 2.28. The van der Waals surface area contributed by atoms with Crippen molar-refractivity contribution in [1.82, 2.24) is 14.7 Å². The number of hydrogen-bond acceptors (Lipinski definition) is 5. The van der Waals surface area contributed by atoms with Gasteiger partial charge in [0.05, 0.1) is 0 Å². The van der Waals surface area contributed by atoms with E-state index < -0.39 is 0 Å². The van der Waals surface area contributed by atoms with E-state index in [1.54, 1.807) is 0 Å². The number of rotatable bonds is 6. The molecule has 2 aliphatic heterocycles. The van der Waals surface area contributed by atoms with E-state index in [9.17, 15) is 5.11 Å². The van der Waals surface area contributed by atoms with Crippen LogP contribution in [0.2, 0.25) is 0 Å². The van der Waals surface area contributed by atoms with Gasteiger partial charge in [0.1, 0.15) is 0 Å². The van der Waals surface area contributed by atoms with E-state index >= 15 is 0 Å². The molecule has 2 fully saturated rings. The SMILES string of the molecule is CSc1ccccc1CN1C[C@@H](CN2CCCN(C)CC2)[C@@H](CO)C1. The minimum atomic E-state index is 0.319. The maximum atomic E-state index is 9.89. The summed E-state index contributed by atoms with van der Waals surface area (Å²) in [6, 6.07) is 8.72. The Morgan fingerprint density at radius 1 is 1.04 bits per heavy atom. The second kappa shape index (κ2) is 9.38. The van der Waals surface area contributed by atoms with Crippen molar-refractivity contribution in [3.8, 4) is 0 Å². The molecule has 4 nitrogen and oxygen atoms in total. The Morgan fingerprint density at radius 3 is 2.64 bits per heavy atom. The van der Waals surface area contributed by atoms with Gasteiger partial charge in [-0.2, -0.15) is 0 Å². The Labute approximate surface area is 157 Å². The van der Waals surface area contributed by atoms with Gasteiger partial charge < -0.3 is 14.9 Å². The topological polar surface area (TPSA) is 30.0 Å². The second-order valence-electron chi connectivity index (χ2n) is 7.67. The Kier molecular flexibility index (Phi) is 7.19. The first-order chi connectivity index (χ1) is 12.2. The molecule has 1 aromatic rings. The van der Waals surface area contributed by atoms with Crippen molar-refractivity contribution in [1.29, 1.82) is 0 Å². The van der Waals surface area contributed by atoms with Crippen LogP contribution in [0.15, 0.2) is 29.2 Å². The summed E-state index contributed by atoms with van der Waals surface area (Å²) >= 11 is 1.83. The van der Waals surface area contributed by atoms with Crippen LogP contribution < -0.4 is 0 Å². The van der Waals surface area contributed by atoms with E-state index in [1.165, 1.54) is 43.1 Å². The zero-order chi connectivity index (χ0) is 17.6. The fraction of sp³-hybridized carbons (Fsp3) is 0.700. The molecular weight excluding hydrogens is 330 g/mol. The Morgan fingerprint density at radius 2 is 1.84 bits per heavy atom. The molecule has 0 radical (unpaired) electrons. The molecule has 0 unspecified atom stereocenters. The molecular formula is C20H33N3OS. The number of benzene rings is 1. The molecule has 2 atom stereocenters. The molecule has 5 heteroatoms. The predicted octanol–water partition coefficient (Wildman–Crippen LogP) is 2.09. The van der Waals surface area contributed by atoms with E-state index in [-0.39, 0.29) is 0 Å². The summed E-state index contributed by atoms with van der Waals surface area (Å²) in [5.74, 6) is 1.01. The number of thioether (sulfide) groups is 1. The van der Waals surface area contributed by atoms with Crippen LogP contribution in [0.25, 0.3) is 0 Å². The highest BCUT2D eigenvalue weighted by atomic mass is 32.2. The molecule has 140 valence electrons. The minimum Gasteiger partial charge on any atom is -0.396 e. The first-order valence-electron chi connectivity index (χ1n) is 9.55. The van der Waals surface area contributed by atoms with Crippen molar-refractivity contribution in [2.75, 3.05) is 65.7 Å². The molecule has 1 N–H and O–H groups in total. The summed E-state index contributed by atoms with van der Waals surface area (Å²) in [5, 5.41) is 9.89. The first-order valence-corrected chi connectivity index (χ1v) is 10.8. The third kappa shape index (κ3) is 5.20. The van der Waals surface area contributed by atoms with Crippen LogP contribution in [-0.4, -0.2) is 85.5 Å². The van der Waals surface area contributed by atoms with Gasteiger partial charge in [0.2, 0.25) is 0 Å². The predicted molar refractivity (Wildman–Crippen MR) is 106 cm³/mol. The first kappa shape index (κ1) is 19.2.